The molecule has 1 aliphatic heterocycles. The van der Waals surface area contributed by atoms with Crippen molar-refractivity contribution in [3.05, 3.63) is 40.5 Å². The van der Waals surface area contributed by atoms with E-state index < -0.39 is 26.6 Å². The lowest BCUT2D eigenvalue weighted by Gasteiger charge is -2.26. The number of benzene rings is 1. The Bertz CT molecular complexity index is 1120. The maximum Gasteiger partial charge on any atom is 0.266 e. The van der Waals surface area contributed by atoms with Crippen molar-refractivity contribution < 1.29 is 27.1 Å². The zero-order valence-corrected chi connectivity index (χ0v) is 18.4. The van der Waals surface area contributed by atoms with E-state index in [0.717, 1.165) is 36.3 Å². The first kappa shape index (κ1) is 21.9. The first-order chi connectivity index (χ1) is 14.8. The standard InChI is InChI=1S/C20H22FN3O5S2/c1-12-10-17(23-19(25)13-2-3-13)30-18(12)20(26)22-14-4-5-15(21)16(11-14)31(27,28)24-6-8-29-9-7-24/h4-5,10-11,13H,2-3,6-9H2,1H3,(H,22,26)(H,23,25). The molecule has 2 amide bonds. The lowest BCUT2D eigenvalue weighted by atomic mass is 10.2. The number of sulfonamides is 1. The summed E-state index contributed by atoms with van der Waals surface area (Å²) in [6.45, 7) is 2.52. The molecule has 0 atom stereocenters. The van der Waals surface area contributed by atoms with Crippen LogP contribution in [0.2, 0.25) is 0 Å². The molecular formula is C20H22FN3O5S2. The summed E-state index contributed by atoms with van der Waals surface area (Å²) in [5.41, 5.74) is 0.839. The fraction of sp³-hybridized carbons (Fsp3) is 0.400. The van der Waals surface area contributed by atoms with Crippen molar-refractivity contribution in [2.24, 2.45) is 5.92 Å². The Labute approximate surface area is 183 Å². The van der Waals surface area contributed by atoms with Crippen molar-refractivity contribution in [1.82, 2.24) is 4.31 Å². The van der Waals surface area contributed by atoms with E-state index >= 15 is 0 Å². The van der Waals surface area contributed by atoms with Crippen molar-refractivity contribution in [1.29, 1.82) is 0 Å². The minimum absolute atomic E-state index is 0.0470. The maximum absolute atomic E-state index is 14.4. The number of nitrogens with one attached hydrogen (secondary N) is 2. The van der Waals surface area contributed by atoms with Crippen molar-refractivity contribution in [3.8, 4) is 0 Å². The average molecular weight is 468 g/mol. The van der Waals surface area contributed by atoms with Gasteiger partial charge in [-0.2, -0.15) is 4.31 Å². The van der Waals surface area contributed by atoms with Crippen LogP contribution in [0.3, 0.4) is 0 Å². The van der Waals surface area contributed by atoms with E-state index in [1.54, 1.807) is 13.0 Å². The van der Waals surface area contributed by atoms with Gasteiger partial charge >= 0.3 is 0 Å². The number of ether oxygens (including phenoxy) is 1. The number of rotatable bonds is 6. The molecule has 1 aromatic heterocycles. The Hall–Kier alpha value is -2.34. The minimum Gasteiger partial charge on any atom is -0.379 e. The van der Waals surface area contributed by atoms with E-state index in [1.807, 2.05) is 0 Å². The lowest BCUT2D eigenvalue weighted by molar-refractivity contribution is -0.117. The average Bonchev–Trinajstić information content (AvgIpc) is 3.53. The summed E-state index contributed by atoms with van der Waals surface area (Å²) in [5.74, 6) is -1.35. The van der Waals surface area contributed by atoms with Crippen LogP contribution in [0.1, 0.15) is 28.1 Å². The first-order valence-corrected chi connectivity index (χ1v) is 12.1. The molecule has 2 N–H and O–H groups in total. The van der Waals surface area contributed by atoms with Gasteiger partial charge in [-0.3, -0.25) is 9.59 Å². The number of aryl methyl sites for hydroxylation is 1. The van der Waals surface area contributed by atoms with Gasteiger partial charge in [0.1, 0.15) is 10.7 Å². The van der Waals surface area contributed by atoms with Crippen LogP contribution in [-0.4, -0.2) is 50.8 Å². The van der Waals surface area contributed by atoms with Crippen LogP contribution in [0.25, 0.3) is 0 Å². The Balaban J connectivity index is 1.52. The summed E-state index contributed by atoms with van der Waals surface area (Å²) in [7, 11) is -4.05. The maximum atomic E-state index is 14.4. The Morgan fingerprint density at radius 3 is 2.55 bits per heavy atom. The molecule has 11 heteroatoms. The quantitative estimate of drug-likeness (QED) is 0.680. The third kappa shape index (κ3) is 4.79. The Kier molecular flexibility index (Phi) is 6.11. The van der Waals surface area contributed by atoms with Crippen LogP contribution in [0.15, 0.2) is 29.2 Å². The molecule has 2 heterocycles. The molecule has 0 spiro atoms. The van der Waals surface area contributed by atoms with Crippen molar-refractivity contribution in [2.75, 3.05) is 36.9 Å². The van der Waals surface area contributed by atoms with Gasteiger partial charge in [-0.25, -0.2) is 12.8 Å². The number of hydrogen-bond donors (Lipinski definition) is 2. The summed E-state index contributed by atoms with van der Waals surface area (Å²) < 4.78 is 46.3. The molecule has 8 nitrogen and oxygen atoms in total. The fourth-order valence-corrected chi connectivity index (χ4v) is 5.70. The molecule has 0 unspecified atom stereocenters. The zero-order chi connectivity index (χ0) is 22.2. The highest BCUT2D eigenvalue weighted by Gasteiger charge is 2.31. The van der Waals surface area contributed by atoms with Gasteiger partial charge in [-0.15, -0.1) is 11.3 Å². The molecule has 0 bridgehead atoms. The van der Waals surface area contributed by atoms with Crippen LogP contribution in [0.4, 0.5) is 15.1 Å². The highest BCUT2D eigenvalue weighted by molar-refractivity contribution is 7.89. The highest BCUT2D eigenvalue weighted by atomic mass is 32.2. The molecule has 1 aromatic carbocycles. The van der Waals surface area contributed by atoms with E-state index in [0.29, 0.717) is 15.4 Å². The molecule has 4 rings (SSSR count). The van der Waals surface area contributed by atoms with Gasteiger partial charge < -0.3 is 15.4 Å². The monoisotopic (exact) mass is 467 g/mol. The number of amides is 2. The predicted octanol–water partition coefficient (Wildman–Crippen LogP) is 2.82. The van der Waals surface area contributed by atoms with E-state index in [2.05, 4.69) is 10.6 Å². The Morgan fingerprint density at radius 1 is 1.16 bits per heavy atom. The van der Waals surface area contributed by atoms with Crippen molar-refractivity contribution in [2.45, 2.75) is 24.7 Å². The van der Waals surface area contributed by atoms with E-state index in [-0.39, 0.29) is 43.8 Å². The minimum atomic E-state index is -4.05. The number of carbonyl (C=O) groups is 2. The topological polar surface area (TPSA) is 105 Å². The molecule has 1 saturated heterocycles. The lowest BCUT2D eigenvalue weighted by Crippen LogP contribution is -2.40. The summed E-state index contributed by atoms with van der Waals surface area (Å²) >= 11 is 1.14. The third-order valence-corrected chi connectivity index (χ3v) is 8.16. The Morgan fingerprint density at radius 2 is 1.87 bits per heavy atom. The van der Waals surface area contributed by atoms with Crippen LogP contribution in [0.5, 0.6) is 0 Å². The van der Waals surface area contributed by atoms with Gasteiger partial charge in [0.25, 0.3) is 5.91 Å². The second kappa shape index (κ2) is 8.65. The molecule has 1 aliphatic carbocycles. The van der Waals surface area contributed by atoms with Crippen LogP contribution in [0, 0.1) is 18.7 Å². The molecule has 166 valence electrons. The molecular weight excluding hydrogens is 445 g/mol. The molecule has 2 aliphatic rings. The fourth-order valence-electron chi connectivity index (χ4n) is 3.23. The van der Waals surface area contributed by atoms with Gasteiger partial charge in [-0.1, -0.05) is 0 Å². The largest absolute Gasteiger partial charge is 0.379 e. The van der Waals surface area contributed by atoms with E-state index in [1.165, 1.54) is 10.4 Å². The molecule has 31 heavy (non-hydrogen) atoms. The number of morpholine rings is 1. The van der Waals surface area contributed by atoms with Crippen LogP contribution >= 0.6 is 11.3 Å². The number of anilines is 2. The summed E-state index contributed by atoms with van der Waals surface area (Å²) in [6, 6.07) is 5.17. The van der Waals surface area contributed by atoms with Gasteiger partial charge in [0, 0.05) is 24.7 Å². The summed E-state index contributed by atoms with van der Waals surface area (Å²) in [4.78, 5) is 24.6. The number of hydrogen-bond acceptors (Lipinski definition) is 6. The summed E-state index contributed by atoms with van der Waals surface area (Å²) in [6.07, 6.45) is 1.76. The SMILES string of the molecule is Cc1cc(NC(=O)C2CC2)sc1C(=O)Nc1ccc(F)c(S(=O)(=O)N2CCOCC2)c1. The van der Waals surface area contributed by atoms with Gasteiger partial charge in [0.05, 0.1) is 23.1 Å². The smallest absolute Gasteiger partial charge is 0.266 e. The van der Waals surface area contributed by atoms with Crippen LogP contribution in [-0.2, 0) is 19.6 Å². The third-order valence-electron chi connectivity index (χ3n) is 5.10. The number of carbonyl (C=O) groups excluding carboxylic acids is 2. The molecule has 2 fully saturated rings. The number of thiophene rings is 1. The second-order valence-electron chi connectivity index (χ2n) is 7.50. The predicted molar refractivity (Wildman–Crippen MR) is 114 cm³/mol. The van der Waals surface area contributed by atoms with Gasteiger partial charge in [0.2, 0.25) is 15.9 Å². The molecule has 0 radical (unpaired) electrons. The number of nitrogens with zero attached hydrogens (tertiary/aromatic N) is 1. The zero-order valence-electron chi connectivity index (χ0n) is 16.8. The number of halogens is 1. The highest BCUT2D eigenvalue weighted by Crippen LogP contribution is 2.33. The van der Waals surface area contributed by atoms with E-state index in [9.17, 15) is 22.4 Å². The summed E-state index contributed by atoms with van der Waals surface area (Å²) in [5, 5.41) is 6.02. The van der Waals surface area contributed by atoms with E-state index in [4.69, 9.17) is 4.74 Å². The van der Waals surface area contributed by atoms with Gasteiger partial charge in [-0.05, 0) is 49.6 Å². The molecule has 2 aromatic rings. The van der Waals surface area contributed by atoms with Gasteiger partial charge in [0.15, 0.2) is 0 Å². The van der Waals surface area contributed by atoms with Crippen molar-refractivity contribution >= 4 is 43.9 Å². The first-order valence-electron chi connectivity index (χ1n) is 9.86. The van der Waals surface area contributed by atoms with Crippen LogP contribution < -0.4 is 10.6 Å². The van der Waals surface area contributed by atoms with Crippen molar-refractivity contribution in [3.63, 3.8) is 0 Å². The normalized spacial score (nSPS) is 17.4. The molecule has 1 saturated carbocycles. The second-order valence-corrected chi connectivity index (χ2v) is 10.5.